The van der Waals surface area contributed by atoms with Crippen molar-refractivity contribution in [2.75, 3.05) is 6.61 Å². The van der Waals surface area contributed by atoms with Crippen LogP contribution in [0, 0.1) is 38.9 Å². The Morgan fingerprint density at radius 1 is 0.903 bits per heavy atom. The lowest BCUT2D eigenvalue weighted by Gasteiger charge is -2.31. The Hall–Kier alpha value is -1.71. The molecule has 4 aliphatic carbocycles. The van der Waals surface area contributed by atoms with E-state index in [9.17, 15) is 14.4 Å². The Morgan fingerprint density at radius 3 is 1.58 bits per heavy atom. The van der Waals surface area contributed by atoms with Gasteiger partial charge in [0.05, 0.1) is 6.61 Å². The number of hydrogen-bond donors (Lipinski definition) is 0. The number of ketones is 2. The third-order valence-electron chi connectivity index (χ3n) is 10.4. The van der Waals surface area contributed by atoms with Crippen molar-refractivity contribution in [1.29, 1.82) is 0 Å². The smallest absolute Gasteiger partial charge is 0.319 e. The molecule has 4 saturated carbocycles. The van der Waals surface area contributed by atoms with Crippen molar-refractivity contribution in [3.05, 3.63) is 23.3 Å². The maximum Gasteiger partial charge on any atom is 0.319 e. The fourth-order valence-corrected chi connectivity index (χ4v) is 7.28. The van der Waals surface area contributed by atoms with E-state index in [1.165, 1.54) is 0 Å². The quantitative estimate of drug-likeness (QED) is 0.442. The van der Waals surface area contributed by atoms with Crippen LogP contribution < -0.4 is 0 Å². The van der Waals surface area contributed by atoms with E-state index in [1.807, 2.05) is 19.1 Å². The molecule has 0 aromatic rings. The van der Waals surface area contributed by atoms with Gasteiger partial charge in [-0.1, -0.05) is 53.7 Å². The zero-order valence-electron chi connectivity index (χ0n) is 20.5. The number of carbonyl (C=O) groups excluding carboxylic acids is 3. The first-order chi connectivity index (χ1) is 14.2. The molecule has 0 aromatic heterocycles. The predicted molar refractivity (Wildman–Crippen MR) is 120 cm³/mol. The van der Waals surface area contributed by atoms with Gasteiger partial charge in [0, 0.05) is 10.8 Å². The van der Waals surface area contributed by atoms with Crippen LogP contribution in [0.15, 0.2) is 23.3 Å². The van der Waals surface area contributed by atoms with Crippen LogP contribution in [-0.4, -0.2) is 24.1 Å². The summed E-state index contributed by atoms with van der Waals surface area (Å²) < 4.78 is 5.46. The van der Waals surface area contributed by atoms with Gasteiger partial charge in [-0.2, -0.15) is 0 Å². The second kappa shape index (κ2) is 6.42. The number of carbonyl (C=O) groups is 3. The average Bonchev–Trinajstić information content (AvgIpc) is 3.16. The molecule has 0 amide bonds. The van der Waals surface area contributed by atoms with Gasteiger partial charge in [0.2, 0.25) is 0 Å². The molecule has 0 aliphatic heterocycles. The second-order valence-electron chi connectivity index (χ2n) is 12.2. The lowest BCUT2D eigenvalue weighted by Crippen LogP contribution is -2.33. The molecular weight excluding hydrogens is 388 g/mol. The Labute approximate surface area is 186 Å². The number of rotatable bonds is 4. The summed E-state index contributed by atoms with van der Waals surface area (Å²) in [5.74, 6) is 0.221. The molecule has 4 fully saturated rings. The first-order valence-corrected chi connectivity index (χ1v) is 11.9. The third-order valence-corrected chi connectivity index (χ3v) is 10.4. The lowest BCUT2D eigenvalue weighted by atomic mass is 9.70. The molecule has 31 heavy (non-hydrogen) atoms. The van der Waals surface area contributed by atoms with E-state index in [4.69, 9.17) is 4.74 Å². The SMILES string of the molecule is CCOC(=O)C(C)(C=C1C(=O)C2(C)CCC1C2(C)C)C=C1C(=O)C2(C)CCC1C2(C)C. The summed E-state index contributed by atoms with van der Waals surface area (Å²) in [4.78, 5) is 40.1. The van der Waals surface area contributed by atoms with E-state index in [0.717, 1.165) is 36.8 Å². The van der Waals surface area contributed by atoms with Crippen molar-refractivity contribution in [2.45, 2.75) is 81.1 Å². The molecule has 4 rings (SSSR count). The van der Waals surface area contributed by atoms with Crippen LogP contribution in [0.5, 0.6) is 0 Å². The van der Waals surface area contributed by atoms with Crippen molar-refractivity contribution in [3.8, 4) is 0 Å². The summed E-state index contributed by atoms with van der Waals surface area (Å²) in [5.41, 5.74) is -0.639. The van der Waals surface area contributed by atoms with Gasteiger partial charge in [-0.05, 0) is 73.3 Å². The lowest BCUT2D eigenvalue weighted by molar-refractivity contribution is -0.149. The highest BCUT2D eigenvalue weighted by Gasteiger charge is 2.66. The first kappa shape index (κ1) is 22.5. The zero-order valence-corrected chi connectivity index (χ0v) is 20.5. The molecule has 0 spiro atoms. The molecule has 4 unspecified atom stereocenters. The molecule has 0 heterocycles. The predicted octanol–water partition coefficient (Wildman–Crippen LogP) is 5.46. The summed E-state index contributed by atoms with van der Waals surface area (Å²) in [6, 6.07) is 0. The number of allylic oxidation sites excluding steroid dienone is 2. The van der Waals surface area contributed by atoms with Crippen LogP contribution in [0.1, 0.15) is 81.1 Å². The minimum absolute atomic E-state index is 0.129. The van der Waals surface area contributed by atoms with Crippen LogP contribution in [0.4, 0.5) is 0 Å². The van der Waals surface area contributed by atoms with Crippen LogP contribution in [0.25, 0.3) is 0 Å². The first-order valence-electron chi connectivity index (χ1n) is 11.9. The van der Waals surface area contributed by atoms with E-state index >= 15 is 0 Å². The minimum atomic E-state index is -1.13. The Morgan fingerprint density at radius 2 is 1.29 bits per heavy atom. The Balaban J connectivity index is 1.83. The van der Waals surface area contributed by atoms with Crippen LogP contribution in [0.2, 0.25) is 0 Å². The molecule has 4 atom stereocenters. The maximum atomic E-state index is 13.4. The molecule has 0 aromatic carbocycles. The normalized spacial score (nSPS) is 41.9. The van der Waals surface area contributed by atoms with Gasteiger partial charge in [-0.3, -0.25) is 14.4 Å². The summed E-state index contributed by atoms with van der Waals surface area (Å²) in [7, 11) is 0. The fraction of sp³-hybridized carbons (Fsp3) is 0.741. The second-order valence-corrected chi connectivity index (χ2v) is 12.2. The molecule has 0 N–H and O–H groups in total. The van der Waals surface area contributed by atoms with Crippen molar-refractivity contribution in [2.24, 2.45) is 38.9 Å². The van der Waals surface area contributed by atoms with E-state index < -0.39 is 5.41 Å². The van der Waals surface area contributed by atoms with Crippen LogP contribution >= 0.6 is 0 Å². The fourth-order valence-electron chi connectivity index (χ4n) is 7.28. The number of hydrogen-bond acceptors (Lipinski definition) is 4. The minimum Gasteiger partial charge on any atom is -0.465 e. The summed E-state index contributed by atoms with van der Waals surface area (Å²) >= 11 is 0. The molecule has 4 heteroatoms. The Kier molecular flexibility index (Phi) is 4.66. The number of ether oxygens (including phenoxy) is 1. The van der Waals surface area contributed by atoms with Crippen LogP contribution in [0.3, 0.4) is 0 Å². The van der Waals surface area contributed by atoms with Gasteiger partial charge < -0.3 is 4.74 Å². The molecular formula is C27H38O4. The van der Waals surface area contributed by atoms with Gasteiger partial charge in [0.25, 0.3) is 0 Å². The summed E-state index contributed by atoms with van der Waals surface area (Å²) in [6.07, 6.45) is 7.42. The highest BCUT2D eigenvalue weighted by atomic mass is 16.5. The van der Waals surface area contributed by atoms with Crippen molar-refractivity contribution < 1.29 is 19.1 Å². The van der Waals surface area contributed by atoms with E-state index in [2.05, 4.69) is 41.5 Å². The molecule has 170 valence electrons. The van der Waals surface area contributed by atoms with Gasteiger partial charge in [-0.15, -0.1) is 0 Å². The van der Waals surface area contributed by atoms with Gasteiger partial charge in [-0.25, -0.2) is 0 Å². The monoisotopic (exact) mass is 426 g/mol. The van der Waals surface area contributed by atoms with Gasteiger partial charge >= 0.3 is 5.97 Å². The van der Waals surface area contributed by atoms with Crippen LogP contribution in [-0.2, 0) is 19.1 Å². The number of Topliss-reactive ketones (excluding diaryl/α,β-unsaturated/α-hetero) is 2. The highest BCUT2D eigenvalue weighted by molar-refractivity contribution is 6.07. The molecule has 0 saturated heterocycles. The van der Waals surface area contributed by atoms with Gasteiger partial charge in [0.15, 0.2) is 11.6 Å². The average molecular weight is 427 g/mol. The van der Waals surface area contributed by atoms with E-state index in [1.54, 1.807) is 6.92 Å². The number of fused-ring (bicyclic) bond motifs is 4. The topological polar surface area (TPSA) is 60.4 Å². The number of esters is 1. The largest absolute Gasteiger partial charge is 0.465 e. The summed E-state index contributed by atoms with van der Waals surface area (Å²) in [5, 5.41) is 0. The molecule has 4 aliphatic rings. The maximum absolute atomic E-state index is 13.4. The zero-order chi connectivity index (χ0) is 23.2. The molecule has 4 bridgehead atoms. The summed E-state index contributed by atoms with van der Waals surface area (Å²) in [6.45, 7) is 16.7. The molecule has 0 radical (unpaired) electrons. The van der Waals surface area contributed by atoms with Crippen molar-refractivity contribution >= 4 is 17.5 Å². The van der Waals surface area contributed by atoms with Crippen molar-refractivity contribution in [3.63, 3.8) is 0 Å². The highest BCUT2D eigenvalue weighted by Crippen LogP contribution is 2.67. The van der Waals surface area contributed by atoms with Crippen molar-refractivity contribution in [1.82, 2.24) is 0 Å². The van der Waals surface area contributed by atoms with Gasteiger partial charge in [0.1, 0.15) is 5.41 Å². The molecule has 4 nitrogen and oxygen atoms in total. The van der Waals surface area contributed by atoms with E-state index in [-0.39, 0.29) is 57.6 Å². The Bertz CT molecular complexity index is 869. The third kappa shape index (κ3) is 2.57. The standard InChI is InChI=1S/C27H38O4/c1-9-31-22(30)25(6,14-16-18-10-12-26(7,20(16)28)23(18,2)3)15-17-19-11-13-27(8,21(17)29)24(19,4)5/h14-15,18-19H,9-13H2,1-8H3. The van der Waals surface area contributed by atoms with E-state index in [0.29, 0.717) is 0 Å².